The summed E-state index contributed by atoms with van der Waals surface area (Å²) in [5.74, 6) is -0.387. The standard InChI is InChI=1S/C15H20N2O3/c1-3-20-15(19)11-4-6-12(7-5-11)16-14(18)10-17(2)13-8-9-13/h4-7,13H,3,8-10H2,1-2H3,(H,16,18). The van der Waals surface area contributed by atoms with E-state index in [-0.39, 0.29) is 11.9 Å². The average Bonchev–Trinajstić information content (AvgIpc) is 3.24. The molecule has 1 aliphatic rings. The quantitative estimate of drug-likeness (QED) is 0.806. The van der Waals surface area contributed by atoms with Crippen LogP contribution in [0, 0.1) is 0 Å². The number of ether oxygens (including phenoxy) is 1. The van der Waals surface area contributed by atoms with Gasteiger partial charge in [0.25, 0.3) is 0 Å². The number of benzene rings is 1. The lowest BCUT2D eigenvalue weighted by Gasteiger charge is -2.15. The van der Waals surface area contributed by atoms with E-state index in [2.05, 4.69) is 10.2 Å². The summed E-state index contributed by atoms with van der Waals surface area (Å²) in [5, 5.41) is 2.82. The first-order valence-corrected chi connectivity index (χ1v) is 6.87. The van der Waals surface area contributed by atoms with Crippen molar-refractivity contribution in [3.63, 3.8) is 0 Å². The van der Waals surface area contributed by atoms with Crippen LogP contribution in [0.2, 0.25) is 0 Å². The number of hydrogen-bond donors (Lipinski definition) is 1. The summed E-state index contributed by atoms with van der Waals surface area (Å²) in [7, 11) is 1.96. The van der Waals surface area contributed by atoms with Crippen molar-refractivity contribution in [2.24, 2.45) is 0 Å². The Morgan fingerprint density at radius 1 is 1.30 bits per heavy atom. The molecule has 0 saturated heterocycles. The Kier molecular flexibility index (Phi) is 4.74. The molecule has 5 nitrogen and oxygen atoms in total. The molecule has 1 aromatic carbocycles. The van der Waals surface area contributed by atoms with E-state index in [0.29, 0.717) is 30.4 Å². The molecule has 5 heteroatoms. The Morgan fingerprint density at radius 2 is 1.95 bits per heavy atom. The van der Waals surface area contributed by atoms with Crippen LogP contribution < -0.4 is 5.32 Å². The molecular formula is C15H20N2O3. The van der Waals surface area contributed by atoms with E-state index >= 15 is 0 Å². The molecule has 0 bridgehead atoms. The number of rotatable bonds is 6. The number of esters is 1. The molecule has 0 spiro atoms. The fourth-order valence-corrected chi connectivity index (χ4v) is 1.98. The molecule has 2 rings (SSSR count). The number of carbonyl (C=O) groups excluding carboxylic acids is 2. The van der Waals surface area contributed by atoms with Gasteiger partial charge < -0.3 is 10.1 Å². The molecule has 1 N–H and O–H groups in total. The van der Waals surface area contributed by atoms with Gasteiger partial charge >= 0.3 is 5.97 Å². The summed E-state index contributed by atoms with van der Waals surface area (Å²) in [4.78, 5) is 25.4. The van der Waals surface area contributed by atoms with Crippen molar-refractivity contribution >= 4 is 17.6 Å². The van der Waals surface area contributed by atoms with E-state index in [9.17, 15) is 9.59 Å². The number of hydrogen-bond acceptors (Lipinski definition) is 4. The van der Waals surface area contributed by atoms with Gasteiger partial charge in [-0.15, -0.1) is 0 Å². The number of nitrogens with zero attached hydrogens (tertiary/aromatic N) is 1. The molecule has 0 heterocycles. The first kappa shape index (κ1) is 14.5. The van der Waals surface area contributed by atoms with Crippen LogP contribution in [0.25, 0.3) is 0 Å². The van der Waals surface area contributed by atoms with Gasteiger partial charge in [-0.3, -0.25) is 9.69 Å². The van der Waals surface area contributed by atoms with Crippen molar-refractivity contribution in [2.75, 3.05) is 25.5 Å². The summed E-state index contributed by atoms with van der Waals surface area (Å²) < 4.78 is 4.90. The van der Waals surface area contributed by atoms with Crippen LogP contribution in [0.5, 0.6) is 0 Å². The molecule has 1 saturated carbocycles. The molecule has 0 radical (unpaired) electrons. The first-order chi connectivity index (χ1) is 9.60. The van der Waals surface area contributed by atoms with Crippen LogP contribution in [0.4, 0.5) is 5.69 Å². The van der Waals surface area contributed by atoms with Crippen LogP contribution >= 0.6 is 0 Å². The number of nitrogens with one attached hydrogen (secondary N) is 1. The molecule has 1 aromatic rings. The van der Waals surface area contributed by atoms with Crippen LogP contribution in [0.3, 0.4) is 0 Å². The Hall–Kier alpha value is -1.88. The van der Waals surface area contributed by atoms with E-state index in [1.807, 2.05) is 7.05 Å². The second-order valence-electron chi connectivity index (χ2n) is 4.99. The minimum absolute atomic E-state index is 0.0386. The first-order valence-electron chi connectivity index (χ1n) is 6.87. The van der Waals surface area contributed by atoms with Crippen LogP contribution in [-0.2, 0) is 9.53 Å². The molecule has 0 aromatic heterocycles. The Labute approximate surface area is 118 Å². The van der Waals surface area contributed by atoms with Gasteiger partial charge in [0.05, 0.1) is 18.7 Å². The highest BCUT2D eigenvalue weighted by Gasteiger charge is 2.27. The third-order valence-corrected chi connectivity index (χ3v) is 3.24. The maximum atomic E-state index is 11.8. The topological polar surface area (TPSA) is 58.6 Å². The zero-order chi connectivity index (χ0) is 14.5. The normalized spacial score (nSPS) is 14.2. The van der Waals surface area contributed by atoms with Gasteiger partial charge in [-0.1, -0.05) is 0 Å². The number of likely N-dealkylation sites (N-methyl/N-ethyl adjacent to an activating group) is 1. The van der Waals surface area contributed by atoms with Crippen LogP contribution in [0.15, 0.2) is 24.3 Å². The summed E-state index contributed by atoms with van der Waals surface area (Å²) in [6, 6.07) is 7.28. The third kappa shape index (κ3) is 4.06. The van der Waals surface area contributed by atoms with E-state index in [0.717, 1.165) is 0 Å². The van der Waals surface area contributed by atoms with Crippen molar-refractivity contribution in [2.45, 2.75) is 25.8 Å². The average molecular weight is 276 g/mol. The molecule has 20 heavy (non-hydrogen) atoms. The zero-order valence-corrected chi connectivity index (χ0v) is 11.9. The van der Waals surface area contributed by atoms with E-state index < -0.39 is 0 Å². The largest absolute Gasteiger partial charge is 0.462 e. The predicted molar refractivity (Wildman–Crippen MR) is 76.7 cm³/mol. The molecule has 1 fully saturated rings. The lowest BCUT2D eigenvalue weighted by atomic mass is 10.2. The van der Waals surface area contributed by atoms with Gasteiger partial charge in [0.1, 0.15) is 0 Å². The highest BCUT2D eigenvalue weighted by Crippen LogP contribution is 2.24. The van der Waals surface area contributed by atoms with Gasteiger partial charge in [-0.2, -0.15) is 0 Å². The van der Waals surface area contributed by atoms with Crippen molar-refractivity contribution in [1.82, 2.24) is 4.90 Å². The molecular weight excluding hydrogens is 256 g/mol. The second-order valence-corrected chi connectivity index (χ2v) is 4.99. The van der Waals surface area contributed by atoms with Crippen molar-refractivity contribution in [1.29, 1.82) is 0 Å². The summed E-state index contributed by atoms with van der Waals surface area (Å²) in [6.07, 6.45) is 2.36. The van der Waals surface area contributed by atoms with Gasteiger partial charge in [0.2, 0.25) is 5.91 Å². The molecule has 1 amide bonds. The predicted octanol–water partition coefficient (Wildman–Crippen LogP) is 1.90. The fourth-order valence-electron chi connectivity index (χ4n) is 1.98. The van der Waals surface area contributed by atoms with E-state index in [1.54, 1.807) is 31.2 Å². The maximum Gasteiger partial charge on any atom is 0.338 e. The Morgan fingerprint density at radius 3 is 2.50 bits per heavy atom. The Bertz CT molecular complexity index is 480. The lowest BCUT2D eigenvalue weighted by molar-refractivity contribution is -0.117. The van der Waals surface area contributed by atoms with Gasteiger partial charge in [-0.05, 0) is 51.1 Å². The summed E-state index contributed by atoms with van der Waals surface area (Å²) >= 11 is 0. The number of carbonyl (C=O) groups is 2. The highest BCUT2D eigenvalue weighted by atomic mass is 16.5. The molecule has 0 aliphatic heterocycles. The van der Waals surface area contributed by atoms with E-state index in [1.165, 1.54) is 12.8 Å². The van der Waals surface area contributed by atoms with Crippen molar-refractivity contribution < 1.29 is 14.3 Å². The molecule has 1 aliphatic carbocycles. The SMILES string of the molecule is CCOC(=O)c1ccc(NC(=O)CN(C)C2CC2)cc1. The van der Waals surface area contributed by atoms with E-state index in [4.69, 9.17) is 4.74 Å². The minimum atomic E-state index is -0.348. The zero-order valence-electron chi connectivity index (χ0n) is 11.9. The molecule has 0 unspecified atom stereocenters. The van der Waals surface area contributed by atoms with Gasteiger partial charge in [-0.25, -0.2) is 4.79 Å². The van der Waals surface area contributed by atoms with Crippen molar-refractivity contribution in [3.8, 4) is 0 Å². The number of amides is 1. The summed E-state index contributed by atoms with van der Waals surface area (Å²) in [5.41, 5.74) is 1.17. The Balaban J connectivity index is 1.86. The molecule has 108 valence electrons. The summed E-state index contributed by atoms with van der Waals surface area (Å²) in [6.45, 7) is 2.51. The monoisotopic (exact) mass is 276 g/mol. The van der Waals surface area contributed by atoms with Crippen LogP contribution in [-0.4, -0.2) is 43.0 Å². The lowest BCUT2D eigenvalue weighted by Crippen LogP contribution is -2.31. The second kappa shape index (κ2) is 6.52. The van der Waals surface area contributed by atoms with Gasteiger partial charge in [0, 0.05) is 11.7 Å². The highest BCUT2D eigenvalue weighted by molar-refractivity contribution is 5.94. The smallest absolute Gasteiger partial charge is 0.338 e. The minimum Gasteiger partial charge on any atom is -0.462 e. The maximum absolute atomic E-state index is 11.8. The van der Waals surface area contributed by atoms with Crippen LogP contribution in [0.1, 0.15) is 30.1 Å². The third-order valence-electron chi connectivity index (χ3n) is 3.24. The van der Waals surface area contributed by atoms with Gasteiger partial charge in [0.15, 0.2) is 0 Å². The van der Waals surface area contributed by atoms with Crippen molar-refractivity contribution in [3.05, 3.63) is 29.8 Å². The number of anilines is 1. The fraction of sp³-hybridized carbons (Fsp3) is 0.467. The molecule has 0 atom stereocenters.